The van der Waals surface area contributed by atoms with E-state index >= 15 is 0 Å². The average Bonchev–Trinajstić information content (AvgIpc) is 2.48. The number of nitrogens with one attached hydrogen (secondary N) is 1. The minimum Gasteiger partial charge on any atom is -0.465 e. The van der Waals surface area contributed by atoms with Crippen LogP contribution in [0.3, 0.4) is 0 Å². The average molecular weight is 323 g/mol. The second-order valence-electron chi connectivity index (χ2n) is 5.44. The van der Waals surface area contributed by atoms with E-state index in [0.717, 1.165) is 5.56 Å². The van der Waals surface area contributed by atoms with Gasteiger partial charge in [0.15, 0.2) is 0 Å². The first kappa shape index (κ1) is 16.7. The molecular weight excluding hydrogens is 302 g/mol. The molecule has 1 N–H and O–H groups in total. The fourth-order valence-corrected chi connectivity index (χ4v) is 3.85. The maximum absolute atomic E-state index is 12.6. The number of carbonyl (C=O) groups excluding carboxylic acids is 1. The van der Waals surface area contributed by atoms with Crippen molar-refractivity contribution in [1.82, 2.24) is 4.72 Å². The minimum absolute atomic E-state index is 0.149. The third-order valence-corrected chi connectivity index (χ3v) is 5.25. The van der Waals surface area contributed by atoms with Crippen molar-refractivity contribution in [2.75, 3.05) is 6.61 Å². The highest BCUT2D eigenvalue weighted by atomic mass is 32.2. The SMILES string of the molecule is CCOC(=O)C1(NS(=O)(=O)c2ccc(C)cc2)CC=CCC1. The van der Waals surface area contributed by atoms with Crippen molar-refractivity contribution in [3.8, 4) is 0 Å². The lowest BCUT2D eigenvalue weighted by molar-refractivity contribution is -0.150. The van der Waals surface area contributed by atoms with Crippen molar-refractivity contribution in [2.24, 2.45) is 0 Å². The van der Waals surface area contributed by atoms with E-state index in [1.165, 1.54) is 12.1 Å². The van der Waals surface area contributed by atoms with Gasteiger partial charge in [-0.05, 0) is 45.2 Å². The topological polar surface area (TPSA) is 72.5 Å². The van der Waals surface area contributed by atoms with Gasteiger partial charge in [0.1, 0.15) is 5.54 Å². The van der Waals surface area contributed by atoms with Crippen molar-refractivity contribution < 1.29 is 17.9 Å². The molecule has 1 aromatic carbocycles. The molecule has 1 aliphatic carbocycles. The summed E-state index contributed by atoms with van der Waals surface area (Å²) in [5.74, 6) is -0.518. The molecule has 0 aliphatic heterocycles. The molecule has 0 fully saturated rings. The molecule has 1 aliphatic rings. The van der Waals surface area contributed by atoms with Gasteiger partial charge in [-0.15, -0.1) is 0 Å². The Morgan fingerprint density at radius 2 is 1.95 bits per heavy atom. The Bertz CT molecular complexity index is 664. The zero-order chi connectivity index (χ0) is 16.2. The molecule has 1 aromatic rings. The minimum atomic E-state index is -3.78. The quantitative estimate of drug-likeness (QED) is 0.667. The van der Waals surface area contributed by atoms with Gasteiger partial charge in [-0.2, -0.15) is 4.72 Å². The molecule has 0 heterocycles. The molecule has 120 valence electrons. The van der Waals surface area contributed by atoms with E-state index in [9.17, 15) is 13.2 Å². The zero-order valence-electron chi connectivity index (χ0n) is 12.8. The van der Waals surface area contributed by atoms with Crippen LogP contribution in [0.25, 0.3) is 0 Å². The molecule has 22 heavy (non-hydrogen) atoms. The number of rotatable bonds is 5. The first-order valence-electron chi connectivity index (χ1n) is 7.32. The third-order valence-electron chi connectivity index (χ3n) is 3.70. The van der Waals surface area contributed by atoms with Crippen LogP contribution in [0.4, 0.5) is 0 Å². The number of sulfonamides is 1. The molecule has 2 rings (SSSR count). The second kappa shape index (κ2) is 6.62. The number of esters is 1. The molecule has 1 unspecified atom stereocenters. The number of hydrogen-bond donors (Lipinski definition) is 1. The summed E-state index contributed by atoms with van der Waals surface area (Å²) in [5, 5.41) is 0. The van der Waals surface area contributed by atoms with Crippen molar-refractivity contribution in [1.29, 1.82) is 0 Å². The first-order chi connectivity index (χ1) is 10.4. The van der Waals surface area contributed by atoms with E-state index < -0.39 is 21.5 Å². The van der Waals surface area contributed by atoms with Crippen LogP contribution in [0.15, 0.2) is 41.3 Å². The van der Waals surface area contributed by atoms with Crippen molar-refractivity contribution >= 4 is 16.0 Å². The van der Waals surface area contributed by atoms with E-state index in [1.54, 1.807) is 19.1 Å². The molecule has 0 aromatic heterocycles. The third kappa shape index (κ3) is 3.56. The molecule has 1 atom stereocenters. The number of hydrogen-bond acceptors (Lipinski definition) is 4. The Labute approximate surface area is 131 Å². The van der Waals surface area contributed by atoms with E-state index in [4.69, 9.17) is 4.74 Å². The van der Waals surface area contributed by atoms with Gasteiger partial charge in [0.2, 0.25) is 10.0 Å². The van der Waals surface area contributed by atoms with Crippen LogP contribution in [0, 0.1) is 6.92 Å². The monoisotopic (exact) mass is 323 g/mol. The summed E-state index contributed by atoms with van der Waals surface area (Å²) in [6, 6.07) is 6.53. The van der Waals surface area contributed by atoms with Gasteiger partial charge in [-0.25, -0.2) is 8.42 Å². The van der Waals surface area contributed by atoms with Crippen LogP contribution in [0.2, 0.25) is 0 Å². The van der Waals surface area contributed by atoms with Crippen LogP contribution in [0.5, 0.6) is 0 Å². The molecule has 0 saturated heterocycles. The fraction of sp³-hybridized carbons (Fsp3) is 0.438. The van der Waals surface area contributed by atoms with Gasteiger partial charge >= 0.3 is 5.97 Å². The first-order valence-corrected chi connectivity index (χ1v) is 8.81. The Hall–Kier alpha value is -1.66. The van der Waals surface area contributed by atoms with Gasteiger partial charge in [0.25, 0.3) is 0 Å². The van der Waals surface area contributed by atoms with Gasteiger partial charge in [0, 0.05) is 0 Å². The normalized spacial score (nSPS) is 21.5. The van der Waals surface area contributed by atoms with Crippen LogP contribution in [-0.2, 0) is 19.6 Å². The summed E-state index contributed by atoms with van der Waals surface area (Å²) in [6.07, 6.45) is 5.09. The van der Waals surface area contributed by atoms with Crippen molar-refractivity contribution in [3.05, 3.63) is 42.0 Å². The standard InChI is InChI=1S/C16H21NO4S/c1-3-21-15(18)16(11-5-4-6-12-16)17-22(19,20)14-9-7-13(2)8-10-14/h4-5,7-10,17H,3,6,11-12H2,1-2H3. The number of benzene rings is 1. The van der Waals surface area contributed by atoms with Crippen LogP contribution >= 0.6 is 0 Å². The summed E-state index contributed by atoms with van der Waals surface area (Å²) < 4.78 is 32.8. The van der Waals surface area contributed by atoms with E-state index in [0.29, 0.717) is 19.3 Å². The van der Waals surface area contributed by atoms with Gasteiger partial charge in [-0.3, -0.25) is 4.79 Å². The van der Waals surface area contributed by atoms with E-state index in [2.05, 4.69) is 4.72 Å². The molecule has 6 heteroatoms. The van der Waals surface area contributed by atoms with Crippen LogP contribution in [0.1, 0.15) is 31.7 Å². The lowest BCUT2D eigenvalue weighted by Gasteiger charge is -2.32. The predicted octanol–water partition coefficient (Wildman–Crippen LogP) is 2.32. The smallest absolute Gasteiger partial charge is 0.327 e. The Balaban J connectivity index is 2.32. The van der Waals surface area contributed by atoms with Gasteiger partial charge in [-0.1, -0.05) is 29.8 Å². The molecule has 0 spiro atoms. The number of aryl methyl sites for hydroxylation is 1. The molecule has 0 bridgehead atoms. The van der Waals surface area contributed by atoms with Crippen molar-refractivity contribution in [3.63, 3.8) is 0 Å². The maximum atomic E-state index is 12.6. The summed E-state index contributed by atoms with van der Waals surface area (Å²) in [6.45, 7) is 3.81. The highest BCUT2D eigenvalue weighted by Crippen LogP contribution is 2.27. The van der Waals surface area contributed by atoms with Crippen molar-refractivity contribution in [2.45, 2.75) is 43.5 Å². The lowest BCUT2D eigenvalue weighted by atomic mass is 9.87. The van der Waals surface area contributed by atoms with Gasteiger partial charge < -0.3 is 4.74 Å². The molecule has 5 nitrogen and oxygen atoms in total. The van der Waals surface area contributed by atoms with E-state index in [-0.39, 0.29) is 11.5 Å². The van der Waals surface area contributed by atoms with Crippen LogP contribution in [-0.4, -0.2) is 26.5 Å². The molecular formula is C16H21NO4S. The summed E-state index contributed by atoms with van der Waals surface area (Å²) in [7, 11) is -3.78. The zero-order valence-corrected chi connectivity index (χ0v) is 13.7. The highest BCUT2D eigenvalue weighted by molar-refractivity contribution is 7.89. The highest BCUT2D eigenvalue weighted by Gasteiger charge is 2.43. The Morgan fingerprint density at radius 1 is 1.27 bits per heavy atom. The largest absolute Gasteiger partial charge is 0.465 e. The second-order valence-corrected chi connectivity index (χ2v) is 7.12. The van der Waals surface area contributed by atoms with Gasteiger partial charge in [0.05, 0.1) is 11.5 Å². The maximum Gasteiger partial charge on any atom is 0.327 e. The molecule has 0 saturated carbocycles. The summed E-state index contributed by atoms with van der Waals surface area (Å²) in [4.78, 5) is 12.4. The lowest BCUT2D eigenvalue weighted by Crippen LogP contribution is -2.55. The Kier molecular flexibility index (Phi) is 5.03. The summed E-state index contributed by atoms with van der Waals surface area (Å²) in [5.41, 5.74) is -0.242. The van der Waals surface area contributed by atoms with Crippen LogP contribution < -0.4 is 4.72 Å². The number of ether oxygens (including phenoxy) is 1. The number of allylic oxidation sites excluding steroid dienone is 1. The Morgan fingerprint density at radius 3 is 2.50 bits per heavy atom. The fourth-order valence-electron chi connectivity index (χ4n) is 2.46. The van der Waals surface area contributed by atoms with E-state index in [1.807, 2.05) is 19.1 Å². The molecule has 0 radical (unpaired) electrons. The molecule has 0 amide bonds. The number of carbonyl (C=O) groups is 1. The predicted molar refractivity (Wildman–Crippen MR) is 83.9 cm³/mol. The summed E-state index contributed by atoms with van der Waals surface area (Å²) >= 11 is 0.